The normalized spacial score (nSPS) is 9.71. The van der Waals surface area contributed by atoms with E-state index in [9.17, 15) is 0 Å². The van der Waals surface area contributed by atoms with E-state index in [1.54, 1.807) is 12.4 Å². The van der Waals surface area contributed by atoms with Crippen molar-refractivity contribution in [1.82, 2.24) is 15.2 Å². The molecule has 0 spiro atoms. The SMILES string of the molecule is Cc1[nH]nc(-c2ccncc2)c1C#N. The summed E-state index contributed by atoms with van der Waals surface area (Å²) in [7, 11) is 0. The highest BCUT2D eigenvalue weighted by atomic mass is 15.1. The predicted molar refractivity (Wildman–Crippen MR) is 51.3 cm³/mol. The van der Waals surface area contributed by atoms with Crippen LogP contribution in [0.1, 0.15) is 11.3 Å². The molecule has 0 atom stereocenters. The minimum Gasteiger partial charge on any atom is -0.281 e. The highest BCUT2D eigenvalue weighted by Crippen LogP contribution is 2.21. The second-order valence-electron chi connectivity index (χ2n) is 2.92. The highest BCUT2D eigenvalue weighted by molar-refractivity contribution is 5.66. The van der Waals surface area contributed by atoms with E-state index in [1.165, 1.54) is 0 Å². The van der Waals surface area contributed by atoms with Crippen molar-refractivity contribution in [2.45, 2.75) is 6.92 Å². The fraction of sp³-hybridized carbons (Fsp3) is 0.100. The molecule has 0 radical (unpaired) electrons. The first-order valence-corrected chi connectivity index (χ1v) is 4.18. The van der Waals surface area contributed by atoms with Crippen LogP contribution >= 0.6 is 0 Å². The Morgan fingerprint density at radius 1 is 1.36 bits per heavy atom. The minimum absolute atomic E-state index is 0.594. The van der Waals surface area contributed by atoms with Gasteiger partial charge < -0.3 is 0 Å². The first-order chi connectivity index (χ1) is 6.83. The highest BCUT2D eigenvalue weighted by Gasteiger charge is 2.10. The van der Waals surface area contributed by atoms with Crippen LogP contribution in [0.2, 0.25) is 0 Å². The Bertz CT molecular complexity index is 479. The van der Waals surface area contributed by atoms with Gasteiger partial charge in [0.1, 0.15) is 17.3 Å². The van der Waals surface area contributed by atoms with Crippen molar-refractivity contribution in [2.24, 2.45) is 0 Å². The maximum Gasteiger partial charge on any atom is 0.110 e. The maximum atomic E-state index is 8.92. The zero-order chi connectivity index (χ0) is 9.97. The Kier molecular flexibility index (Phi) is 1.99. The van der Waals surface area contributed by atoms with Gasteiger partial charge >= 0.3 is 0 Å². The lowest BCUT2D eigenvalue weighted by atomic mass is 10.1. The second kappa shape index (κ2) is 3.30. The number of hydrogen-bond acceptors (Lipinski definition) is 3. The molecule has 68 valence electrons. The molecule has 4 nitrogen and oxygen atoms in total. The fourth-order valence-electron chi connectivity index (χ4n) is 1.28. The van der Waals surface area contributed by atoms with Gasteiger partial charge in [0.25, 0.3) is 0 Å². The molecule has 0 amide bonds. The summed E-state index contributed by atoms with van der Waals surface area (Å²) >= 11 is 0. The van der Waals surface area contributed by atoms with E-state index in [-0.39, 0.29) is 0 Å². The van der Waals surface area contributed by atoms with Gasteiger partial charge in [0.2, 0.25) is 0 Å². The number of rotatable bonds is 1. The Hall–Kier alpha value is -2.15. The largest absolute Gasteiger partial charge is 0.281 e. The van der Waals surface area contributed by atoms with Crippen LogP contribution in [0.4, 0.5) is 0 Å². The van der Waals surface area contributed by atoms with Crippen LogP contribution in [0.3, 0.4) is 0 Å². The number of nitrogens with zero attached hydrogens (tertiary/aromatic N) is 3. The Labute approximate surface area is 81.2 Å². The van der Waals surface area contributed by atoms with Gasteiger partial charge in [-0.05, 0) is 19.1 Å². The molecule has 4 heteroatoms. The van der Waals surface area contributed by atoms with Crippen LogP contribution in [0.25, 0.3) is 11.3 Å². The molecule has 1 N–H and O–H groups in total. The Morgan fingerprint density at radius 3 is 2.71 bits per heavy atom. The molecule has 0 aliphatic rings. The number of pyridine rings is 1. The molecular weight excluding hydrogens is 176 g/mol. The van der Waals surface area contributed by atoms with Gasteiger partial charge in [-0.2, -0.15) is 10.4 Å². The molecular formula is C10H8N4. The van der Waals surface area contributed by atoms with Gasteiger partial charge in [-0.15, -0.1) is 0 Å². The van der Waals surface area contributed by atoms with Crippen molar-refractivity contribution < 1.29 is 0 Å². The molecule has 14 heavy (non-hydrogen) atoms. The third kappa shape index (κ3) is 1.25. The van der Waals surface area contributed by atoms with Crippen LogP contribution in [0.15, 0.2) is 24.5 Å². The molecule has 0 aliphatic heterocycles. The van der Waals surface area contributed by atoms with Crippen LogP contribution < -0.4 is 0 Å². The number of aromatic nitrogens is 3. The van der Waals surface area contributed by atoms with Crippen molar-refractivity contribution in [2.75, 3.05) is 0 Å². The molecule has 2 heterocycles. The van der Waals surface area contributed by atoms with Gasteiger partial charge in [-0.3, -0.25) is 10.1 Å². The van der Waals surface area contributed by atoms with Gasteiger partial charge in [-0.1, -0.05) is 0 Å². The van der Waals surface area contributed by atoms with E-state index in [4.69, 9.17) is 5.26 Å². The number of H-pyrrole nitrogens is 1. The third-order valence-corrected chi connectivity index (χ3v) is 2.01. The molecule has 2 aromatic rings. The van der Waals surface area contributed by atoms with Crippen molar-refractivity contribution in [3.8, 4) is 17.3 Å². The first kappa shape index (κ1) is 8.45. The average molecular weight is 184 g/mol. The zero-order valence-corrected chi connectivity index (χ0v) is 7.65. The number of aryl methyl sites for hydroxylation is 1. The van der Waals surface area contributed by atoms with Crippen LogP contribution in [-0.2, 0) is 0 Å². The first-order valence-electron chi connectivity index (χ1n) is 4.18. The molecule has 0 saturated heterocycles. The van der Waals surface area contributed by atoms with Crippen molar-refractivity contribution in [3.05, 3.63) is 35.8 Å². The van der Waals surface area contributed by atoms with Crippen LogP contribution in [-0.4, -0.2) is 15.2 Å². The van der Waals surface area contributed by atoms with Crippen molar-refractivity contribution in [3.63, 3.8) is 0 Å². The Balaban J connectivity index is 2.59. The molecule has 0 unspecified atom stereocenters. The lowest BCUT2D eigenvalue weighted by Crippen LogP contribution is -1.82. The van der Waals surface area contributed by atoms with Gasteiger partial charge in [0, 0.05) is 18.0 Å². The summed E-state index contributed by atoms with van der Waals surface area (Å²) in [5.74, 6) is 0. The lowest BCUT2D eigenvalue weighted by molar-refractivity contribution is 1.05. The van der Waals surface area contributed by atoms with E-state index in [1.807, 2.05) is 19.1 Å². The molecule has 0 bridgehead atoms. The molecule has 0 aromatic carbocycles. The summed E-state index contributed by atoms with van der Waals surface area (Å²) in [6.45, 7) is 1.83. The van der Waals surface area contributed by atoms with Crippen LogP contribution in [0, 0.1) is 18.3 Å². The molecule has 0 saturated carbocycles. The summed E-state index contributed by atoms with van der Waals surface area (Å²) in [6.07, 6.45) is 3.36. The van der Waals surface area contributed by atoms with Gasteiger partial charge in [0.15, 0.2) is 0 Å². The van der Waals surface area contributed by atoms with E-state index in [2.05, 4.69) is 21.3 Å². The van der Waals surface area contributed by atoms with Crippen LogP contribution in [0.5, 0.6) is 0 Å². The van der Waals surface area contributed by atoms with Crippen molar-refractivity contribution >= 4 is 0 Å². The number of nitriles is 1. The number of aromatic amines is 1. The standard InChI is InChI=1S/C10H8N4/c1-7-9(6-11)10(14-13-7)8-2-4-12-5-3-8/h2-5H,1H3,(H,13,14). The quantitative estimate of drug-likeness (QED) is 0.732. The zero-order valence-electron chi connectivity index (χ0n) is 7.65. The van der Waals surface area contributed by atoms with E-state index in [0.717, 1.165) is 11.3 Å². The molecule has 2 rings (SSSR count). The molecule has 2 aromatic heterocycles. The second-order valence-corrected chi connectivity index (χ2v) is 2.92. The maximum absolute atomic E-state index is 8.92. The predicted octanol–water partition coefficient (Wildman–Crippen LogP) is 1.65. The molecule has 0 fully saturated rings. The van der Waals surface area contributed by atoms with E-state index < -0.39 is 0 Å². The van der Waals surface area contributed by atoms with E-state index >= 15 is 0 Å². The summed E-state index contributed by atoms with van der Waals surface area (Å²) in [5, 5.41) is 15.8. The minimum atomic E-state index is 0.594. The summed E-state index contributed by atoms with van der Waals surface area (Å²) in [5.41, 5.74) is 2.98. The summed E-state index contributed by atoms with van der Waals surface area (Å²) in [4.78, 5) is 3.91. The Morgan fingerprint density at radius 2 is 2.07 bits per heavy atom. The summed E-state index contributed by atoms with van der Waals surface area (Å²) in [6, 6.07) is 5.79. The average Bonchev–Trinajstić information content (AvgIpc) is 2.61. The number of nitrogens with one attached hydrogen (secondary N) is 1. The third-order valence-electron chi connectivity index (χ3n) is 2.01. The van der Waals surface area contributed by atoms with E-state index in [0.29, 0.717) is 11.3 Å². The fourth-order valence-corrected chi connectivity index (χ4v) is 1.28. The monoisotopic (exact) mass is 184 g/mol. The number of hydrogen-bond donors (Lipinski definition) is 1. The smallest absolute Gasteiger partial charge is 0.110 e. The topological polar surface area (TPSA) is 65.4 Å². The van der Waals surface area contributed by atoms with Gasteiger partial charge in [0.05, 0.1) is 5.69 Å². The summed E-state index contributed by atoms with van der Waals surface area (Å²) < 4.78 is 0. The molecule has 0 aliphatic carbocycles. The lowest BCUT2D eigenvalue weighted by Gasteiger charge is -1.94. The van der Waals surface area contributed by atoms with Gasteiger partial charge in [-0.25, -0.2) is 0 Å². The van der Waals surface area contributed by atoms with Crippen molar-refractivity contribution in [1.29, 1.82) is 5.26 Å².